The number of allylic oxidation sites excluding steroid dienone is 1. The average molecular weight is 341 g/mol. The molecule has 4 bridgehead atoms. The molecular weight excluding hydrogens is 318 g/mol. The summed E-state index contributed by atoms with van der Waals surface area (Å²) in [6.07, 6.45) is 8.43. The minimum Gasteiger partial charge on any atom is -0.359 e. The van der Waals surface area contributed by atoms with E-state index < -0.39 is 0 Å². The molecule has 2 fully saturated rings. The zero-order valence-corrected chi connectivity index (χ0v) is 14.5. The SMILES string of the molecule is O=c1cccc2n1C[C@H]1CC2CN(C(=S)NC2CC3C=CC2C3)C1. The lowest BCUT2D eigenvalue weighted by atomic mass is 9.83. The van der Waals surface area contributed by atoms with Gasteiger partial charge >= 0.3 is 0 Å². The van der Waals surface area contributed by atoms with Crippen molar-refractivity contribution in [2.75, 3.05) is 13.1 Å². The zero-order chi connectivity index (χ0) is 16.3. The number of thiocarbonyl (C=S) groups is 1. The second-order valence-electron chi connectivity index (χ2n) is 7.94. The van der Waals surface area contributed by atoms with Crippen molar-refractivity contribution in [1.29, 1.82) is 0 Å². The van der Waals surface area contributed by atoms with Gasteiger partial charge in [0.1, 0.15) is 0 Å². The Bertz CT molecular complexity index is 770. The summed E-state index contributed by atoms with van der Waals surface area (Å²) in [4.78, 5) is 14.5. The monoisotopic (exact) mass is 341 g/mol. The highest BCUT2D eigenvalue weighted by Gasteiger charge is 2.38. The van der Waals surface area contributed by atoms with E-state index in [1.807, 2.05) is 10.6 Å². The molecule has 1 saturated carbocycles. The van der Waals surface area contributed by atoms with Gasteiger partial charge in [-0.3, -0.25) is 4.79 Å². The van der Waals surface area contributed by atoms with Crippen molar-refractivity contribution in [2.45, 2.75) is 37.8 Å². The number of nitrogens with one attached hydrogen (secondary N) is 1. The van der Waals surface area contributed by atoms with Gasteiger partial charge in [-0.25, -0.2) is 0 Å². The maximum Gasteiger partial charge on any atom is 0.250 e. The van der Waals surface area contributed by atoms with E-state index in [-0.39, 0.29) is 5.56 Å². The molecule has 4 nitrogen and oxygen atoms in total. The van der Waals surface area contributed by atoms with Crippen molar-refractivity contribution in [3.63, 3.8) is 0 Å². The lowest BCUT2D eigenvalue weighted by Crippen LogP contribution is -2.53. The van der Waals surface area contributed by atoms with Gasteiger partial charge in [-0.2, -0.15) is 0 Å². The van der Waals surface area contributed by atoms with Gasteiger partial charge in [0.05, 0.1) is 0 Å². The van der Waals surface area contributed by atoms with E-state index in [0.29, 0.717) is 23.8 Å². The van der Waals surface area contributed by atoms with E-state index in [4.69, 9.17) is 12.2 Å². The fraction of sp³-hybridized carbons (Fsp3) is 0.579. The summed E-state index contributed by atoms with van der Waals surface area (Å²) in [5.74, 6) is 2.37. The fourth-order valence-electron chi connectivity index (χ4n) is 5.26. The zero-order valence-electron chi connectivity index (χ0n) is 13.7. The Hall–Kier alpha value is -1.62. The van der Waals surface area contributed by atoms with E-state index in [2.05, 4.69) is 28.4 Å². The van der Waals surface area contributed by atoms with Gasteiger partial charge in [-0.15, -0.1) is 0 Å². The van der Waals surface area contributed by atoms with E-state index in [9.17, 15) is 4.79 Å². The third-order valence-electron chi connectivity index (χ3n) is 6.35. The molecule has 4 aliphatic rings. The van der Waals surface area contributed by atoms with Crippen LogP contribution in [0.4, 0.5) is 0 Å². The first-order chi connectivity index (χ1) is 11.7. The highest BCUT2D eigenvalue weighted by atomic mass is 32.1. The smallest absolute Gasteiger partial charge is 0.250 e. The van der Waals surface area contributed by atoms with Gasteiger partial charge in [0.25, 0.3) is 5.56 Å². The first-order valence-corrected chi connectivity index (χ1v) is 9.51. The van der Waals surface area contributed by atoms with Gasteiger partial charge in [-0.05, 0) is 55.3 Å². The van der Waals surface area contributed by atoms with Crippen molar-refractivity contribution in [2.24, 2.45) is 17.8 Å². The van der Waals surface area contributed by atoms with Crippen LogP contribution in [-0.2, 0) is 6.54 Å². The molecule has 126 valence electrons. The summed E-state index contributed by atoms with van der Waals surface area (Å²) in [7, 11) is 0. The molecule has 1 N–H and O–H groups in total. The quantitative estimate of drug-likeness (QED) is 0.627. The van der Waals surface area contributed by atoms with Crippen LogP contribution in [0.1, 0.15) is 30.9 Å². The highest BCUT2D eigenvalue weighted by Crippen LogP contribution is 2.39. The fourth-order valence-corrected chi connectivity index (χ4v) is 5.56. The normalized spacial score (nSPS) is 35.8. The number of pyridine rings is 1. The van der Waals surface area contributed by atoms with Crippen molar-refractivity contribution >= 4 is 17.3 Å². The van der Waals surface area contributed by atoms with Crippen LogP contribution in [0.25, 0.3) is 0 Å². The van der Waals surface area contributed by atoms with Crippen LogP contribution < -0.4 is 10.9 Å². The van der Waals surface area contributed by atoms with E-state index in [1.54, 1.807) is 6.07 Å². The molecule has 0 radical (unpaired) electrons. The molecule has 5 rings (SSSR count). The van der Waals surface area contributed by atoms with Crippen LogP contribution in [0.5, 0.6) is 0 Å². The van der Waals surface area contributed by atoms with Crippen molar-refractivity contribution < 1.29 is 0 Å². The molecule has 3 heterocycles. The lowest BCUT2D eigenvalue weighted by Gasteiger charge is -2.44. The molecule has 24 heavy (non-hydrogen) atoms. The number of likely N-dealkylation sites (tertiary alicyclic amines) is 1. The summed E-state index contributed by atoms with van der Waals surface area (Å²) < 4.78 is 1.98. The summed E-state index contributed by atoms with van der Waals surface area (Å²) in [6, 6.07) is 6.20. The van der Waals surface area contributed by atoms with Gasteiger partial charge in [0.2, 0.25) is 0 Å². The van der Waals surface area contributed by atoms with Crippen LogP contribution in [0.3, 0.4) is 0 Å². The molecule has 1 aromatic heterocycles. The molecule has 2 aliphatic carbocycles. The van der Waals surface area contributed by atoms with E-state index in [1.165, 1.54) is 25.0 Å². The first-order valence-electron chi connectivity index (χ1n) is 9.11. The molecule has 2 aliphatic heterocycles. The number of piperidine rings is 1. The Balaban J connectivity index is 1.32. The minimum atomic E-state index is 0.144. The molecule has 5 heteroatoms. The Morgan fingerprint density at radius 1 is 1.12 bits per heavy atom. The molecule has 4 unspecified atom stereocenters. The number of nitrogens with zero attached hydrogens (tertiary/aromatic N) is 2. The Labute approximate surface area is 147 Å². The van der Waals surface area contributed by atoms with Crippen molar-refractivity contribution in [3.8, 4) is 0 Å². The molecule has 1 aromatic rings. The lowest BCUT2D eigenvalue weighted by molar-refractivity contribution is 0.176. The molecule has 0 spiro atoms. The van der Waals surface area contributed by atoms with Gasteiger partial charge in [-0.1, -0.05) is 18.2 Å². The van der Waals surface area contributed by atoms with Crippen molar-refractivity contribution in [1.82, 2.24) is 14.8 Å². The summed E-state index contributed by atoms with van der Waals surface area (Å²) in [5.41, 5.74) is 1.33. The molecular formula is C19H23N3OS. The highest BCUT2D eigenvalue weighted by molar-refractivity contribution is 7.80. The van der Waals surface area contributed by atoms with Crippen LogP contribution in [0.2, 0.25) is 0 Å². The average Bonchev–Trinajstić information content (AvgIpc) is 3.18. The molecule has 5 atom stereocenters. The van der Waals surface area contributed by atoms with Gasteiger partial charge in [0, 0.05) is 43.4 Å². The standard InChI is InChI=1S/C19H23N3OS/c23-18-3-1-2-17-15-7-13(10-22(17)18)9-21(11-15)19(24)20-16-8-12-4-5-14(16)6-12/h1-5,12-16H,6-11H2,(H,20,24)/t12?,13-,14?,15?,16?/m0/s1. The van der Waals surface area contributed by atoms with Gasteiger partial charge < -0.3 is 14.8 Å². The second-order valence-corrected chi connectivity index (χ2v) is 8.33. The minimum absolute atomic E-state index is 0.144. The number of rotatable bonds is 1. The van der Waals surface area contributed by atoms with Crippen LogP contribution in [0, 0.1) is 17.8 Å². The molecule has 1 saturated heterocycles. The first kappa shape index (κ1) is 14.7. The molecule has 0 aromatic carbocycles. The summed E-state index contributed by atoms with van der Waals surface area (Å²) in [6.45, 7) is 2.74. The third kappa shape index (κ3) is 2.32. The number of hydrogen-bond acceptors (Lipinski definition) is 2. The number of hydrogen-bond donors (Lipinski definition) is 1. The Morgan fingerprint density at radius 2 is 2.04 bits per heavy atom. The van der Waals surface area contributed by atoms with Gasteiger partial charge in [0.15, 0.2) is 5.11 Å². The third-order valence-corrected chi connectivity index (χ3v) is 6.73. The summed E-state index contributed by atoms with van der Waals surface area (Å²) >= 11 is 5.75. The van der Waals surface area contributed by atoms with Crippen LogP contribution in [-0.4, -0.2) is 33.7 Å². The molecule has 0 amide bonds. The topological polar surface area (TPSA) is 37.3 Å². The Kier molecular flexibility index (Phi) is 3.34. The summed E-state index contributed by atoms with van der Waals surface area (Å²) in [5, 5.41) is 4.56. The number of aromatic nitrogens is 1. The van der Waals surface area contributed by atoms with E-state index >= 15 is 0 Å². The van der Waals surface area contributed by atoms with Crippen LogP contribution >= 0.6 is 12.2 Å². The largest absolute Gasteiger partial charge is 0.359 e. The van der Waals surface area contributed by atoms with Crippen LogP contribution in [0.15, 0.2) is 35.1 Å². The van der Waals surface area contributed by atoms with Crippen molar-refractivity contribution in [3.05, 3.63) is 46.4 Å². The van der Waals surface area contributed by atoms with E-state index in [0.717, 1.165) is 30.7 Å². The predicted octanol–water partition coefficient (Wildman–Crippen LogP) is 2.11. The predicted molar refractivity (Wildman–Crippen MR) is 98.0 cm³/mol. The Morgan fingerprint density at radius 3 is 2.83 bits per heavy atom. The second kappa shape index (κ2) is 5.45. The maximum atomic E-state index is 12.1. The maximum absolute atomic E-state index is 12.1. The number of fused-ring (bicyclic) bond motifs is 6.